The highest BCUT2D eigenvalue weighted by molar-refractivity contribution is 6.30. The van der Waals surface area contributed by atoms with Gasteiger partial charge in [-0.3, -0.25) is 14.3 Å². The van der Waals surface area contributed by atoms with Crippen molar-refractivity contribution < 1.29 is 9.59 Å². The maximum absolute atomic E-state index is 12.7. The summed E-state index contributed by atoms with van der Waals surface area (Å²) in [7, 11) is 0. The number of hydrogen-bond donors (Lipinski definition) is 2. The Balaban J connectivity index is 1.51. The topological polar surface area (TPSA) is 88.9 Å². The molecule has 3 rings (SSSR count). The van der Waals surface area contributed by atoms with Gasteiger partial charge in [-0.05, 0) is 43.5 Å². The Morgan fingerprint density at radius 2 is 1.81 bits per heavy atom. The fourth-order valence-corrected chi connectivity index (χ4v) is 3.59. The van der Waals surface area contributed by atoms with Crippen LogP contribution in [-0.2, 0) is 16.1 Å². The summed E-state index contributed by atoms with van der Waals surface area (Å²) in [4.78, 5) is 25.3. The summed E-state index contributed by atoms with van der Waals surface area (Å²) >= 11 is 5.88. The Bertz CT molecular complexity index is 748. The number of anilines is 1. The third-order valence-corrected chi connectivity index (χ3v) is 5.14. The summed E-state index contributed by atoms with van der Waals surface area (Å²) in [5.74, 6) is -0.716. The predicted molar refractivity (Wildman–Crippen MR) is 103 cm³/mol. The third kappa shape index (κ3) is 5.53. The van der Waals surface area contributed by atoms with Crippen LogP contribution in [0.1, 0.15) is 32.1 Å². The lowest BCUT2D eigenvalue weighted by atomic mass is 9.78. The van der Waals surface area contributed by atoms with E-state index in [1.807, 2.05) is 0 Å². The predicted octanol–water partition coefficient (Wildman–Crippen LogP) is 2.88. The Morgan fingerprint density at radius 1 is 1.11 bits per heavy atom. The number of hydrogen-bond acceptors (Lipinski definition) is 4. The molecule has 2 atom stereocenters. The number of nitrogens with one attached hydrogen (secondary N) is 2. The molecule has 0 radical (unpaired) electrons. The maximum Gasteiger partial charge on any atom is 0.228 e. The summed E-state index contributed by atoms with van der Waals surface area (Å²) in [6, 6.07) is 7.00. The van der Waals surface area contributed by atoms with Gasteiger partial charge in [0.05, 0.1) is 6.20 Å². The van der Waals surface area contributed by atoms with Gasteiger partial charge >= 0.3 is 0 Å². The zero-order valence-corrected chi connectivity index (χ0v) is 15.9. The molecule has 1 saturated carbocycles. The van der Waals surface area contributed by atoms with Crippen LogP contribution in [-0.4, -0.2) is 33.4 Å². The molecule has 2 aromatic rings. The fourth-order valence-electron chi connectivity index (χ4n) is 3.46. The van der Waals surface area contributed by atoms with E-state index in [1.165, 1.54) is 0 Å². The first kappa shape index (κ1) is 19.4. The number of carbonyl (C=O) groups is 2. The minimum absolute atomic E-state index is 0.0375. The molecule has 0 bridgehead atoms. The average molecular weight is 390 g/mol. The third-order valence-electron chi connectivity index (χ3n) is 4.89. The van der Waals surface area contributed by atoms with E-state index >= 15 is 0 Å². The van der Waals surface area contributed by atoms with Crippen LogP contribution in [0.3, 0.4) is 0 Å². The Hall–Kier alpha value is -2.41. The first-order chi connectivity index (χ1) is 13.1. The van der Waals surface area contributed by atoms with Gasteiger partial charge in [-0.25, -0.2) is 0 Å². The standard InChI is InChI=1S/C19H24ClN5O2/c20-14-6-8-15(9-7-14)23-19(27)17-5-2-1-4-16(17)18(26)21-10-3-12-25-13-11-22-24-25/h6-9,11,13,16-17H,1-5,10,12H2,(H,21,26)(H,23,27)/t16-,17+/m1/s1. The van der Waals surface area contributed by atoms with E-state index in [9.17, 15) is 9.59 Å². The maximum atomic E-state index is 12.7. The summed E-state index contributed by atoms with van der Waals surface area (Å²) in [5.41, 5.74) is 0.696. The van der Waals surface area contributed by atoms with Crippen molar-refractivity contribution in [2.24, 2.45) is 11.8 Å². The lowest BCUT2D eigenvalue weighted by Crippen LogP contribution is -2.42. The molecule has 0 saturated heterocycles. The zero-order valence-electron chi connectivity index (χ0n) is 15.1. The molecule has 1 aromatic heterocycles. The van der Waals surface area contributed by atoms with Crippen LogP contribution in [0.15, 0.2) is 36.7 Å². The Morgan fingerprint density at radius 3 is 2.48 bits per heavy atom. The van der Waals surface area contributed by atoms with Crippen molar-refractivity contribution in [3.8, 4) is 0 Å². The second-order valence-electron chi connectivity index (χ2n) is 6.80. The largest absolute Gasteiger partial charge is 0.356 e. The van der Waals surface area contributed by atoms with Gasteiger partial charge in [0, 0.05) is 41.8 Å². The van der Waals surface area contributed by atoms with Gasteiger partial charge < -0.3 is 10.6 Å². The van der Waals surface area contributed by atoms with Crippen LogP contribution in [0, 0.1) is 11.8 Å². The van der Waals surface area contributed by atoms with Crippen molar-refractivity contribution in [1.29, 1.82) is 0 Å². The smallest absolute Gasteiger partial charge is 0.228 e. The molecule has 2 N–H and O–H groups in total. The number of carbonyl (C=O) groups excluding carboxylic acids is 2. The molecule has 2 amide bonds. The molecule has 144 valence electrons. The Labute approximate surface area is 163 Å². The molecule has 7 nitrogen and oxygen atoms in total. The number of aromatic nitrogens is 3. The minimum atomic E-state index is -0.301. The number of halogens is 1. The van der Waals surface area contributed by atoms with Crippen molar-refractivity contribution in [2.75, 3.05) is 11.9 Å². The normalized spacial score (nSPS) is 19.4. The molecule has 1 aliphatic rings. The summed E-state index contributed by atoms with van der Waals surface area (Å²) < 4.78 is 1.73. The van der Waals surface area contributed by atoms with Crippen LogP contribution in [0.2, 0.25) is 5.02 Å². The van der Waals surface area contributed by atoms with Crippen molar-refractivity contribution in [3.05, 3.63) is 41.7 Å². The zero-order chi connectivity index (χ0) is 19.1. The van der Waals surface area contributed by atoms with Crippen molar-refractivity contribution >= 4 is 29.1 Å². The van der Waals surface area contributed by atoms with Gasteiger partial charge in [0.15, 0.2) is 0 Å². The van der Waals surface area contributed by atoms with Crippen LogP contribution < -0.4 is 10.6 Å². The van der Waals surface area contributed by atoms with E-state index < -0.39 is 0 Å². The van der Waals surface area contributed by atoms with E-state index in [4.69, 9.17) is 11.6 Å². The van der Waals surface area contributed by atoms with Crippen LogP contribution >= 0.6 is 11.6 Å². The summed E-state index contributed by atoms with van der Waals surface area (Å²) in [5, 5.41) is 14.2. The van der Waals surface area contributed by atoms with E-state index in [0.717, 1.165) is 32.1 Å². The van der Waals surface area contributed by atoms with Crippen molar-refractivity contribution in [3.63, 3.8) is 0 Å². The number of rotatable bonds is 7. The van der Waals surface area contributed by atoms with E-state index in [1.54, 1.807) is 41.3 Å². The van der Waals surface area contributed by atoms with Gasteiger partial charge in [-0.15, -0.1) is 5.10 Å². The highest BCUT2D eigenvalue weighted by Crippen LogP contribution is 2.31. The molecule has 0 unspecified atom stereocenters. The first-order valence-corrected chi connectivity index (χ1v) is 9.69. The Kier molecular flexibility index (Phi) is 6.81. The van der Waals surface area contributed by atoms with E-state index in [-0.39, 0.29) is 23.7 Å². The number of benzene rings is 1. The van der Waals surface area contributed by atoms with Crippen molar-refractivity contribution in [1.82, 2.24) is 20.3 Å². The molecule has 1 aliphatic carbocycles. The summed E-state index contributed by atoms with van der Waals surface area (Å²) in [6.07, 6.45) is 7.61. The molecular formula is C19H24ClN5O2. The van der Waals surface area contributed by atoms with Crippen LogP contribution in [0.5, 0.6) is 0 Å². The molecule has 27 heavy (non-hydrogen) atoms. The number of nitrogens with zero attached hydrogens (tertiary/aromatic N) is 3. The van der Waals surface area contributed by atoms with Gasteiger partial charge in [-0.1, -0.05) is 29.7 Å². The van der Waals surface area contributed by atoms with Gasteiger partial charge in [-0.2, -0.15) is 0 Å². The second kappa shape index (κ2) is 9.50. The average Bonchev–Trinajstić information content (AvgIpc) is 3.20. The van der Waals surface area contributed by atoms with E-state index in [2.05, 4.69) is 20.9 Å². The summed E-state index contributed by atoms with van der Waals surface area (Å²) in [6.45, 7) is 1.26. The first-order valence-electron chi connectivity index (χ1n) is 9.32. The molecule has 8 heteroatoms. The SMILES string of the molecule is O=C(Nc1ccc(Cl)cc1)[C@H]1CCCC[C@H]1C(=O)NCCCn1ccnn1. The molecule has 0 aliphatic heterocycles. The van der Waals surface area contributed by atoms with E-state index in [0.29, 0.717) is 23.8 Å². The van der Waals surface area contributed by atoms with Crippen LogP contribution in [0.25, 0.3) is 0 Å². The minimum Gasteiger partial charge on any atom is -0.356 e. The highest BCUT2D eigenvalue weighted by atomic mass is 35.5. The lowest BCUT2D eigenvalue weighted by Gasteiger charge is -2.29. The number of amides is 2. The molecular weight excluding hydrogens is 366 g/mol. The fraction of sp³-hybridized carbons (Fsp3) is 0.474. The quantitative estimate of drug-likeness (QED) is 0.712. The van der Waals surface area contributed by atoms with Gasteiger partial charge in [0.25, 0.3) is 0 Å². The van der Waals surface area contributed by atoms with Gasteiger partial charge in [0.1, 0.15) is 0 Å². The molecule has 1 aromatic carbocycles. The highest BCUT2D eigenvalue weighted by Gasteiger charge is 2.35. The molecule has 1 fully saturated rings. The molecule has 1 heterocycles. The van der Waals surface area contributed by atoms with Crippen LogP contribution in [0.4, 0.5) is 5.69 Å². The monoisotopic (exact) mass is 389 g/mol. The van der Waals surface area contributed by atoms with Crippen molar-refractivity contribution in [2.45, 2.75) is 38.6 Å². The van der Waals surface area contributed by atoms with Gasteiger partial charge in [0.2, 0.25) is 11.8 Å². The molecule has 0 spiro atoms. The lowest BCUT2D eigenvalue weighted by molar-refractivity contribution is -0.134. The number of aryl methyl sites for hydroxylation is 1. The second-order valence-corrected chi connectivity index (χ2v) is 7.24.